The van der Waals surface area contributed by atoms with Gasteiger partial charge in [0.25, 0.3) is 6.33 Å². The highest BCUT2D eigenvalue weighted by atomic mass is 15.1. The van der Waals surface area contributed by atoms with Crippen molar-refractivity contribution in [3.63, 3.8) is 0 Å². The van der Waals surface area contributed by atoms with E-state index in [-0.39, 0.29) is 0 Å². The summed E-state index contributed by atoms with van der Waals surface area (Å²) in [7, 11) is 4.37. The van der Waals surface area contributed by atoms with E-state index in [0.717, 1.165) is 5.52 Å². The van der Waals surface area contributed by atoms with E-state index >= 15 is 0 Å². The first kappa shape index (κ1) is 17.9. The van der Waals surface area contributed by atoms with Gasteiger partial charge in [-0.05, 0) is 77.2 Å². The van der Waals surface area contributed by atoms with Crippen LogP contribution in [0, 0.1) is 13.8 Å². The largest absolute Gasteiger partial charge is 0.343 e. The van der Waals surface area contributed by atoms with Gasteiger partial charge in [-0.3, -0.25) is 0 Å². The molecule has 6 rings (SSSR count). The molecule has 3 heteroatoms. The third kappa shape index (κ3) is 2.26. The van der Waals surface area contributed by atoms with E-state index in [1.165, 1.54) is 81.2 Å². The molecule has 0 saturated heterocycles. The molecule has 1 aliphatic carbocycles. The van der Waals surface area contributed by atoms with Gasteiger partial charge in [0, 0.05) is 12.6 Å². The average Bonchev–Trinajstić information content (AvgIpc) is 3.30. The lowest BCUT2D eigenvalue weighted by Crippen LogP contribution is -2.34. The molecule has 2 aliphatic rings. The van der Waals surface area contributed by atoms with Gasteiger partial charge in [0.1, 0.15) is 5.69 Å². The van der Waals surface area contributed by atoms with Gasteiger partial charge in [0.05, 0.1) is 23.8 Å². The number of hydrogen-bond acceptors (Lipinski definition) is 2. The zero-order valence-electron chi connectivity index (χ0n) is 18.3. The minimum Gasteiger partial charge on any atom is -0.343 e. The van der Waals surface area contributed by atoms with Crippen LogP contribution in [0.4, 0.5) is 11.4 Å². The van der Waals surface area contributed by atoms with Gasteiger partial charge in [0.15, 0.2) is 5.52 Å². The summed E-state index contributed by atoms with van der Waals surface area (Å²) in [6.45, 7) is 4.56. The number of aromatic nitrogens is 2. The molecule has 150 valence electrons. The summed E-state index contributed by atoms with van der Waals surface area (Å²) in [5.74, 6) is 0.680. The molecule has 0 amide bonds. The van der Waals surface area contributed by atoms with Crippen molar-refractivity contribution in [1.29, 1.82) is 0 Å². The molecular weight excluding hydrogens is 366 g/mol. The Kier molecular flexibility index (Phi) is 3.74. The Bertz CT molecular complexity index is 1350. The highest BCUT2D eigenvalue weighted by Gasteiger charge is 2.33. The van der Waals surface area contributed by atoms with E-state index in [1.807, 2.05) is 6.33 Å². The molecule has 4 aromatic rings. The number of nitrogens with zero attached hydrogens (tertiary/aromatic N) is 3. The highest BCUT2D eigenvalue weighted by Crippen LogP contribution is 2.51. The lowest BCUT2D eigenvalue weighted by Gasteiger charge is -2.33. The van der Waals surface area contributed by atoms with Crippen LogP contribution in [-0.2, 0) is 7.05 Å². The predicted octanol–water partition coefficient (Wildman–Crippen LogP) is 6.24. The Balaban J connectivity index is 1.76. The van der Waals surface area contributed by atoms with Crippen LogP contribution in [0.1, 0.15) is 48.3 Å². The van der Waals surface area contributed by atoms with Crippen LogP contribution in [0.3, 0.4) is 0 Å². The molecule has 1 fully saturated rings. The smallest absolute Gasteiger partial charge is 0.287 e. The number of hydrogen-bond donors (Lipinski definition) is 0. The van der Waals surface area contributed by atoms with Gasteiger partial charge in [-0.25, -0.2) is 4.57 Å². The van der Waals surface area contributed by atoms with Gasteiger partial charge in [0.2, 0.25) is 0 Å². The van der Waals surface area contributed by atoms with Crippen molar-refractivity contribution in [3.05, 3.63) is 59.4 Å². The molecule has 2 heterocycles. The van der Waals surface area contributed by atoms with Crippen LogP contribution < -0.4 is 9.47 Å². The number of anilines is 2. The summed E-state index contributed by atoms with van der Waals surface area (Å²) in [4.78, 5) is 7.30. The zero-order valence-corrected chi connectivity index (χ0v) is 18.3. The van der Waals surface area contributed by atoms with Crippen LogP contribution in [-0.4, -0.2) is 12.0 Å². The average molecular weight is 395 g/mol. The minimum atomic E-state index is 0.680. The summed E-state index contributed by atoms with van der Waals surface area (Å²) in [6.07, 6.45) is 7.31. The number of benzene rings is 3. The van der Waals surface area contributed by atoms with Gasteiger partial charge in [-0.1, -0.05) is 37.1 Å². The van der Waals surface area contributed by atoms with Crippen LogP contribution in [0.15, 0.2) is 42.7 Å². The van der Waals surface area contributed by atoms with Gasteiger partial charge in [-0.15, -0.1) is 0 Å². The van der Waals surface area contributed by atoms with Crippen molar-refractivity contribution in [1.82, 2.24) is 4.98 Å². The predicted molar refractivity (Wildman–Crippen MR) is 125 cm³/mol. The van der Waals surface area contributed by atoms with E-state index in [0.29, 0.717) is 5.92 Å². The molecule has 0 radical (unpaired) electrons. The molecule has 1 aromatic heterocycles. The fourth-order valence-corrected chi connectivity index (χ4v) is 6.01. The highest BCUT2D eigenvalue weighted by molar-refractivity contribution is 6.13. The molecule has 0 bridgehead atoms. The molecule has 1 aliphatic heterocycles. The maximum Gasteiger partial charge on any atom is 0.287 e. The van der Waals surface area contributed by atoms with Gasteiger partial charge >= 0.3 is 0 Å². The number of rotatable bonds is 1. The summed E-state index contributed by atoms with van der Waals surface area (Å²) in [6, 6.07) is 13.6. The number of aryl methyl sites for hydroxylation is 3. The van der Waals surface area contributed by atoms with Crippen molar-refractivity contribution >= 4 is 33.1 Å². The van der Waals surface area contributed by atoms with Crippen molar-refractivity contribution in [2.45, 2.75) is 45.4 Å². The maximum atomic E-state index is 4.87. The zero-order chi connectivity index (χ0) is 20.6. The molecule has 0 spiro atoms. The lowest BCUT2D eigenvalue weighted by atomic mass is 9.86. The third-order valence-corrected chi connectivity index (χ3v) is 7.54. The van der Waals surface area contributed by atoms with E-state index < -0.39 is 0 Å². The quantitative estimate of drug-likeness (QED) is 0.356. The molecule has 0 unspecified atom stereocenters. The van der Waals surface area contributed by atoms with Crippen LogP contribution in [0.5, 0.6) is 0 Å². The fraction of sp³-hybridized carbons (Fsp3) is 0.333. The fourth-order valence-electron chi connectivity index (χ4n) is 6.01. The Morgan fingerprint density at radius 2 is 1.70 bits per heavy atom. The summed E-state index contributed by atoms with van der Waals surface area (Å²) >= 11 is 0. The van der Waals surface area contributed by atoms with Gasteiger partial charge < -0.3 is 4.90 Å². The molecular formula is C27H28N3+. The standard InChI is InChI=1S/C27H28N3/c1-16-20-11-7-8-12-21(20)17(2)26-24(16)27-25-22(28-15-29(27)3)13-19(14-23(25)30(26)4)18-9-5-6-10-18/h7-8,11-15,18H,5-6,9-10H2,1-4H3/q+1. The van der Waals surface area contributed by atoms with Crippen molar-refractivity contribution < 1.29 is 4.57 Å². The van der Waals surface area contributed by atoms with Crippen molar-refractivity contribution in [2.75, 3.05) is 11.9 Å². The van der Waals surface area contributed by atoms with Gasteiger partial charge in [-0.2, -0.15) is 0 Å². The Labute approximate surface area is 178 Å². The normalized spacial score (nSPS) is 15.9. The first-order valence-electron chi connectivity index (χ1n) is 11.1. The molecule has 3 aromatic carbocycles. The third-order valence-electron chi connectivity index (χ3n) is 7.54. The second-order valence-electron chi connectivity index (χ2n) is 9.20. The molecule has 1 saturated carbocycles. The second-order valence-corrected chi connectivity index (χ2v) is 9.20. The van der Waals surface area contributed by atoms with Crippen molar-refractivity contribution in [2.24, 2.45) is 7.05 Å². The SMILES string of the molecule is Cc1c2c(c(C)c3ccccc13)N(C)c1cc(C3CCCC3)cc3nc[n+](C)c-2c13. The topological polar surface area (TPSA) is 20.0 Å². The van der Waals surface area contributed by atoms with Crippen LogP contribution >= 0.6 is 0 Å². The maximum absolute atomic E-state index is 4.87. The summed E-state index contributed by atoms with van der Waals surface area (Å²) in [5.41, 5.74) is 10.6. The first-order valence-corrected chi connectivity index (χ1v) is 11.1. The molecule has 3 nitrogen and oxygen atoms in total. The van der Waals surface area contributed by atoms with Crippen LogP contribution in [0.2, 0.25) is 0 Å². The molecule has 30 heavy (non-hydrogen) atoms. The van der Waals surface area contributed by atoms with E-state index in [4.69, 9.17) is 4.98 Å². The Morgan fingerprint density at radius 1 is 1.00 bits per heavy atom. The Morgan fingerprint density at radius 3 is 2.43 bits per heavy atom. The second kappa shape index (κ2) is 6.28. The molecule has 0 atom stereocenters. The summed E-state index contributed by atoms with van der Waals surface area (Å²) in [5, 5.41) is 3.98. The number of fused-ring (bicyclic) bond motifs is 3. The lowest BCUT2D eigenvalue weighted by molar-refractivity contribution is -0.662. The monoisotopic (exact) mass is 394 g/mol. The van der Waals surface area contributed by atoms with Crippen LogP contribution in [0.25, 0.3) is 32.9 Å². The van der Waals surface area contributed by atoms with E-state index in [2.05, 4.69) is 73.8 Å². The first-order chi connectivity index (χ1) is 14.6. The molecule has 0 N–H and O–H groups in total. The minimum absolute atomic E-state index is 0.680. The van der Waals surface area contributed by atoms with E-state index in [9.17, 15) is 0 Å². The van der Waals surface area contributed by atoms with E-state index in [1.54, 1.807) is 0 Å². The Hall–Kier alpha value is -2.94. The summed E-state index contributed by atoms with van der Waals surface area (Å²) < 4.78 is 2.22. The van der Waals surface area contributed by atoms with Crippen molar-refractivity contribution in [3.8, 4) is 11.3 Å².